The first-order valence-corrected chi connectivity index (χ1v) is 12.0. The Hall–Kier alpha value is -2.48. The molecule has 0 saturated heterocycles. The van der Waals surface area contributed by atoms with E-state index >= 15 is 0 Å². The van der Waals surface area contributed by atoms with Crippen LogP contribution in [0.2, 0.25) is 10.0 Å². The van der Waals surface area contributed by atoms with E-state index in [0.29, 0.717) is 32.4 Å². The number of hydrogen-bond donors (Lipinski definition) is 2. The molecule has 1 atom stereocenters. The number of halogens is 2. The molecule has 9 heteroatoms. The summed E-state index contributed by atoms with van der Waals surface area (Å²) >= 11 is 14.1. The lowest BCUT2D eigenvalue weighted by Crippen LogP contribution is -2.31. The fourth-order valence-electron chi connectivity index (χ4n) is 3.59. The molecule has 1 aliphatic rings. The van der Waals surface area contributed by atoms with Crippen LogP contribution in [0.4, 0.5) is 11.6 Å². The van der Waals surface area contributed by atoms with E-state index in [1.165, 1.54) is 0 Å². The molecule has 2 N–H and O–H groups in total. The van der Waals surface area contributed by atoms with Gasteiger partial charge in [-0.2, -0.15) is 4.98 Å². The summed E-state index contributed by atoms with van der Waals surface area (Å²) in [7, 11) is 0. The number of hydrogen-bond acceptors (Lipinski definition) is 5. The molecule has 2 heterocycles. The number of nitrogens with zero attached hydrogens (tertiary/aromatic N) is 3. The van der Waals surface area contributed by atoms with E-state index in [1.54, 1.807) is 28.6 Å². The van der Waals surface area contributed by atoms with Crippen LogP contribution in [0.15, 0.2) is 58.9 Å². The van der Waals surface area contributed by atoms with Crippen LogP contribution in [-0.2, 0) is 4.79 Å². The van der Waals surface area contributed by atoms with Gasteiger partial charge in [-0.3, -0.25) is 4.79 Å². The first kappa shape index (κ1) is 22.7. The Balaban J connectivity index is 1.78. The lowest BCUT2D eigenvalue weighted by atomic mass is 9.95. The maximum Gasteiger partial charge on any atom is 0.255 e. The number of thioether (sulfide) groups is 1. The molecular formula is C23H23Cl2N5OS. The number of nitrogens with one attached hydrogen (secondary N) is 2. The van der Waals surface area contributed by atoms with Crippen molar-refractivity contribution in [2.45, 2.75) is 38.4 Å². The van der Waals surface area contributed by atoms with Crippen LogP contribution in [0.5, 0.6) is 0 Å². The molecular weight excluding hydrogens is 465 g/mol. The minimum atomic E-state index is -0.505. The molecule has 1 aliphatic heterocycles. The van der Waals surface area contributed by atoms with Crippen LogP contribution in [-0.4, -0.2) is 26.4 Å². The lowest BCUT2D eigenvalue weighted by molar-refractivity contribution is -0.113. The Bertz CT molecular complexity index is 1210. The maximum atomic E-state index is 13.5. The van der Waals surface area contributed by atoms with Gasteiger partial charge < -0.3 is 10.6 Å². The summed E-state index contributed by atoms with van der Waals surface area (Å²) in [4.78, 5) is 18.1. The van der Waals surface area contributed by atoms with Gasteiger partial charge in [0.05, 0.1) is 15.6 Å². The molecule has 0 aliphatic carbocycles. The molecule has 1 amide bonds. The van der Waals surface area contributed by atoms with Gasteiger partial charge in [0, 0.05) is 17.1 Å². The zero-order valence-corrected chi connectivity index (χ0v) is 20.3. The third-order valence-corrected chi connectivity index (χ3v) is 6.83. The van der Waals surface area contributed by atoms with Crippen molar-refractivity contribution in [2.24, 2.45) is 0 Å². The van der Waals surface area contributed by atoms with E-state index in [2.05, 4.69) is 22.5 Å². The van der Waals surface area contributed by atoms with Gasteiger partial charge in [0.25, 0.3) is 5.91 Å². The molecule has 6 nitrogen and oxygen atoms in total. The number of allylic oxidation sites excluding steroid dienone is 1. The molecule has 0 radical (unpaired) electrons. The fraction of sp³-hybridized carbons (Fsp3) is 0.261. The highest BCUT2D eigenvalue weighted by atomic mass is 35.5. The van der Waals surface area contributed by atoms with Gasteiger partial charge in [0.15, 0.2) is 0 Å². The molecule has 1 aromatic heterocycles. The molecule has 0 spiro atoms. The van der Waals surface area contributed by atoms with Crippen LogP contribution in [0.1, 0.15) is 37.4 Å². The summed E-state index contributed by atoms with van der Waals surface area (Å²) in [6.45, 7) is 5.96. The van der Waals surface area contributed by atoms with Gasteiger partial charge in [-0.15, -0.1) is 5.10 Å². The van der Waals surface area contributed by atoms with E-state index < -0.39 is 6.04 Å². The Morgan fingerprint density at radius 1 is 1.19 bits per heavy atom. The second-order valence-electron chi connectivity index (χ2n) is 7.57. The van der Waals surface area contributed by atoms with Crippen LogP contribution in [0, 0.1) is 6.92 Å². The smallest absolute Gasteiger partial charge is 0.255 e. The SMILES string of the molecule is CCCSc1nc2n(n1)C(c1ccc(Cl)c(Cl)c1)C(C(=O)Nc1cccc(C)c1)=C(C)N2. The van der Waals surface area contributed by atoms with Crippen molar-refractivity contribution in [1.82, 2.24) is 14.8 Å². The number of aryl methyl sites for hydroxylation is 1. The predicted octanol–water partition coefficient (Wildman–Crippen LogP) is 6.32. The van der Waals surface area contributed by atoms with Gasteiger partial charge in [0.1, 0.15) is 6.04 Å². The molecule has 4 rings (SSSR count). The lowest BCUT2D eigenvalue weighted by Gasteiger charge is -2.29. The van der Waals surface area contributed by atoms with Crippen molar-refractivity contribution >= 4 is 52.5 Å². The van der Waals surface area contributed by atoms with Crippen molar-refractivity contribution in [3.05, 3.63) is 74.9 Å². The van der Waals surface area contributed by atoms with E-state index in [4.69, 9.17) is 28.3 Å². The quantitative estimate of drug-likeness (QED) is 0.397. The van der Waals surface area contributed by atoms with Crippen molar-refractivity contribution in [2.75, 3.05) is 16.4 Å². The molecule has 0 fully saturated rings. The topological polar surface area (TPSA) is 71.8 Å². The van der Waals surface area contributed by atoms with Crippen LogP contribution < -0.4 is 10.6 Å². The van der Waals surface area contributed by atoms with Crippen molar-refractivity contribution in [3.63, 3.8) is 0 Å². The second-order valence-corrected chi connectivity index (χ2v) is 9.45. The first-order chi connectivity index (χ1) is 15.4. The zero-order valence-electron chi connectivity index (χ0n) is 17.9. The minimum absolute atomic E-state index is 0.222. The standard InChI is InChI=1S/C23H23Cl2N5OS/c1-4-10-32-23-28-22-26-14(3)19(21(31)27-16-7-5-6-13(2)11-16)20(30(22)29-23)15-8-9-17(24)18(25)12-15/h5-9,11-12,20H,4,10H2,1-3H3,(H,27,31)(H,26,28,29). The van der Waals surface area contributed by atoms with Crippen LogP contribution >= 0.6 is 35.0 Å². The molecule has 1 unspecified atom stereocenters. The molecule has 0 bridgehead atoms. The van der Waals surface area contributed by atoms with Gasteiger partial charge in [-0.25, -0.2) is 4.68 Å². The average molecular weight is 488 g/mol. The van der Waals surface area contributed by atoms with E-state index in [-0.39, 0.29) is 5.91 Å². The highest BCUT2D eigenvalue weighted by Gasteiger charge is 2.34. The number of aromatic nitrogens is 3. The van der Waals surface area contributed by atoms with Crippen molar-refractivity contribution in [1.29, 1.82) is 0 Å². The molecule has 166 valence electrons. The van der Waals surface area contributed by atoms with Gasteiger partial charge in [-0.1, -0.05) is 60.1 Å². The predicted molar refractivity (Wildman–Crippen MR) is 132 cm³/mol. The number of carbonyl (C=O) groups excluding carboxylic acids is 1. The minimum Gasteiger partial charge on any atom is -0.328 e. The van der Waals surface area contributed by atoms with Gasteiger partial charge >= 0.3 is 0 Å². The summed E-state index contributed by atoms with van der Waals surface area (Å²) in [6.07, 6.45) is 1.01. The van der Waals surface area contributed by atoms with E-state index in [9.17, 15) is 4.79 Å². The number of carbonyl (C=O) groups is 1. The number of benzene rings is 2. The number of amides is 1. The summed E-state index contributed by atoms with van der Waals surface area (Å²) in [5, 5.41) is 12.5. The van der Waals surface area contributed by atoms with Crippen LogP contribution in [0.3, 0.4) is 0 Å². The largest absolute Gasteiger partial charge is 0.328 e. The normalized spacial score (nSPS) is 15.3. The molecule has 0 saturated carbocycles. The Morgan fingerprint density at radius 2 is 2.00 bits per heavy atom. The van der Waals surface area contributed by atoms with E-state index in [1.807, 2.05) is 44.2 Å². The third-order valence-electron chi connectivity index (χ3n) is 5.05. The summed E-state index contributed by atoms with van der Waals surface area (Å²) in [5.74, 6) is 1.28. The first-order valence-electron chi connectivity index (χ1n) is 10.3. The summed E-state index contributed by atoms with van der Waals surface area (Å²) in [6, 6.07) is 12.6. The number of fused-ring (bicyclic) bond motifs is 1. The number of rotatable bonds is 6. The molecule has 32 heavy (non-hydrogen) atoms. The Kier molecular flexibility index (Phi) is 6.79. The average Bonchev–Trinajstić information content (AvgIpc) is 3.15. The van der Waals surface area contributed by atoms with Crippen LogP contribution in [0.25, 0.3) is 0 Å². The maximum absolute atomic E-state index is 13.5. The third kappa shape index (κ3) is 4.65. The highest BCUT2D eigenvalue weighted by molar-refractivity contribution is 7.99. The monoisotopic (exact) mass is 487 g/mol. The summed E-state index contributed by atoms with van der Waals surface area (Å²) < 4.78 is 1.75. The van der Waals surface area contributed by atoms with Gasteiger partial charge in [0.2, 0.25) is 11.1 Å². The number of anilines is 2. The summed E-state index contributed by atoms with van der Waals surface area (Å²) in [5.41, 5.74) is 3.83. The fourth-order valence-corrected chi connectivity index (χ4v) is 4.58. The van der Waals surface area contributed by atoms with Crippen molar-refractivity contribution in [3.8, 4) is 0 Å². The van der Waals surface area contributed by atoms with Crippen molar-refractivity contribution < 1.29 is 4.79 Å². The molecule has 2 aromatic carbocycles. The van der Waals surface area contributed by atoms with E-state index in [0.717, 1.165) is 29.0 Å². The highest BCUT2D eigenvalue weighted by Crippen LogP contribution is 2.38. The second kappa shape index (κ2) is 9.57. The molecule has 3 aromatic rings. The van der Waals surface area contributed by atoms with Gasteiger partial charge in [-0.05, 0) is 55.7 Å². The zero-order chi connectivity index (χ0) is 22.8. The Morgan fingerprint density at radius 3 is 2.72 bits per heavy atom. The Labute approximate surface area is 201 Å².